The summed E-state index contributed by atoms with van der Waals surface area (Å²) in [7, 11) is 0. The van der Waals surface area contributed by atoms with Gasteiger partial charge in [0.15, 0.2) is 0 Å². The van der Waals surface area contributed by atoms with Gasteiger partial charge in [0.25, 0.3) is 17.7 Å². The molecule has 0 fully saturated rings. The molecule has 3 rings (SSSR count). The number of nitrogens with one attached hydrogen (secondary N) is 1. The van der Waals surface area contributed by atoms with Crippen LogP contribution in [0.5, 0.6) is 0 Å². The molecule has 0 saturated carbocycles. The highest BCUT2D eigenvalue weighted by Gasteiger charge is 2.35. The molecule has 1 heterocycles. The molecule has 128 valence electrons. The van der Waals surface area contributed by atoms with Crippen LogP contribution in [0.25, 0.3) is 0 Å². The van der Waals surface area contributed by atoms with Gasteiger partial charge >= 0.3 is 0 Å². The highest BCUT2D eigenvalue weighted by Crippen LogP contribution is 2.24. The summed E-state index contributed by atoms with van der Waals surface area (Å²) in [4.78, 5) is 43.0. The predicted molar refractivity (Wildman–Crippen MR) is 91.0 cm³/mol. The van der Waals surface area contributed by atoms with Crippen LogP contribution in [0.4, 0.5) is 0 Å². The first-order valence-corrected chi connectivity index (χ1v) is 8.08. The zero-order chi connectivity index (χ0) is 17.8. The highest BCUT2D eigenvalue weighted by molar-refractivity contribution is 6.22. The highest BCUT2D eigenvalue weighted by atomic mass is 16.6. The summed E-state index contributed by atoms with van der Waals surface area (Å²) in [6, 6.07) is 14.1. The number of hydrogen-bond donors (Lipinski definition) is 1. The molecule has 25 heavy (non-hydrogen) atoms. The van der Waals surface area contributed by atoms with Gasteiger partial charge in [-0.05, 0) is 37.1 Å². The largest absolute Gasteiger partial charge is 0.274 e. The van der Waals surface area contributed by atoms with Gasteiger partial charge in [0.1, 0.15) is 0 Å². The molecule has 0 saturated heterocycles. The summed E-state index contributed by atoms with van der Waals surface area (Å²) in [5, 5.41) is 0. The van der Waals surface area contributed by atoms with Gasteiger partial charge in [-0.15, -0.1) is 0 Å². The van der Waals surface area contributed by atoms with Crippen molar-refractivity contribution in [2.45, 2.75) is 13.3 Å². The fourth-order valence-corrected chi connectivity index (χ4v) is 2.72. The molecule has 2 aromatic carbocycles. The van der Waals surface area contributed by atoms with E-state index in [9.17, 15) is 14.4 Å². The molecular weight excluding hydrogens is 320 g/mol. The van der Waals surface area contributed by atoms with Crippen LogP contribution in [-0.2, 0) is 11.3 Å². The lowest BCUT2D eigenvalue weighted by Crippen LogP contribution is -2.31. The lowest BCUT2D eigenvalue weighted by atomic mass is 10.1. The van der Waals surface area contributed by atoms with Gasteiger partial charge in [0.05, 0.1) is 17.7 Å². The van der Waals surface area contributed by atoms with Crippen molar-refractivity contribution >= 4 is 17.7 Å². The van der Waals surface area contributed by atoms with Crippen molar-refractivity contribution in [2.24, 2.45) is 0 Å². The Labute approximate surface area is 145 Å². The monoisotopic (exact) mass is 338 g/mol. The average Bonchev–Trinajstić information content (AvgIpc) is 2.89. The Morgan fingerprint density at radius 2 is 1.76 bits per heavy atom. The van der Waals surface area contributed by atoms with E-state index in [1.807, 2.05) is 30.3 Å². The predicted octanol–water partition coefficient (Wildman–Crippen LogP) is 2.21. The molecule has 3 amide bonds. The van der Waals surface area contributed by atoms with E-state index < -0.39 is 5.91 Å². The molecule has 2 aromatic rings. The first-order chi connectivity index (χ1) is 12.1. The van der Waals surface area contributed by atoms with Gasteiger partial charge in [0, 0.05) is 12.1 Å². The molecule has 1 aliphatic heterocycles. The number of benzene rings is 2. The number of carbonyl (C=O) groups excluding carboxylic acids is 3. The number of rotatable bonds is 6. The molecule has 0 atom stereocenters. The van der Waals surface area contributed by atoms with E-state index in [-0.39, 0.29) is 22.9 Å². The molecule has 0 unspecified atom stereocenters. The molecule has 1 N–H and O–H groups in total. The van der Waals surface area contributed by atoms with Crippen molar-refractivity contribution in [2.75, 3.05) is 13.2 Å². The van der Waals surface area contributed by atoms with Crippen LogP contribution in [0.1, 0.15) is 43.6 Å². The average molecular weight is 338 g/mol. The van der Waals surface area contributed by atoms with Crippen molar-refractivity contribution in [3.63, 3.8) is 0 Å². The third kappa shape index (κ3) is 3.44. The minimum Gasteiger partial charge on any atom is -0.274 e. The third-order valence-corrected chi connectivity index (χ3v) is 4.01. The SMILES string of the molecule is CCONC(=O)c1ccc2c(c1)C(=O)N(CCc1ccccc1)C2=O. The number of nitrogens with zero attached hydrogens (tertiary/aromatic N) is 1. The van der Waals surface area contributed by atoms with Gasteiger partial charge in [-0.1, -0.05) is 30.3 Å². The van der Waals surface area contributed by atoms with Crippen LogP contribution < -0.4 is 5.48 Å². The van der Waals surface area contributed by atoms with Crippen molar-refractivity contribution in [3.8, 4) is 0 Å². The van der Waals surface area contributed by atoms with Gasteiger partial charge in [-0.2, -0.15) is 0 Å². The van der Waals surface area contributed by atoms with Crippen molar-refractivity contribution in [1.29, 1.82) is 0 Å². The van der Waals surface area contributed by atoms with Crippen LogP contribution in [0, 0.1) is 0 Å². The van der Waals surface area contributed by atoms with E-state index in [2.05, 4.69) is 5.48 Å². The fraction of sp³-hybridized carbons (Fsp3) is 0.211. The molecule has 0 aliphatic carbocycles. The zero-order valence-electron chi connectivity index (χ0n) is 13.8. The molecule has 0 aromatic heterocycles. The first-order valence-electron chi connectivity index (χ1n) is 8.08. The van der Waals surface area contributed by atoms with Crippen molar-refractivity contribution in [3.05, 3.63) is 70.8 Å². The molecule has 0 bridgehead atoms. The second-order valence-corrected chi connectivity index (χ2v) is 5.62. The minimum absolute atomic E-state index is 0.252. The van der Waals surface area contributed by atoms with E-state index in [4.69, 9.17) is 4.84 Å². The Hall–Kier alpha value is -2.99. The Morgan fingerprint density at radius 1 is 1.04 bits per heavy atom. The molecule has 6 nitrogen and oxygen atoms in total. The fourth-order valence-electron chi connectivity index (χ4n) is 2.72. The molecular formula is C19H18N2O4. The smallest absolute Gasteiger partial charge is 0.274 e. The second kappa shape index (κ2) is 7.27. The van der Waals surface area contributed by atoms with Crippen LogP contribution >= 0.6 is 0 Å². The first kappa shape index (κ1) is 16.9. The van der Waals surface area contributed by atoms with E-state index in [1.54, 1.807) is 6.92 Å². The van der Waals surface area contributed by atoms with Gasteiger partial charge in [-0.25, -0.2) is 5.48 Å². The van der Waals surface area contributed by atoms with Crippen LogP contribution in [0.2, 0.25) is 0 Å². The van der Waals surface area contributed by atoms with Crippen LogP contribution in [0.15, 0.2) is 48.5 Å². The summed E-state index contributed by atoms with van der Waals surface area (Å²) in [6.07, 6.45) is 0.587. The maximum absolute atomic E-state index is 12.6. The molecule has 1 aliphatic rings. The Morgan fingerprint density at radius 3 is 2.48 bits per heavy atom. The van der Waals surface area contributed by atoms with E-state index >= 15 is 0 Å². The summed E-state index contributed by atoms with van der Waals surface area (Å²) in [6.45, 7) is 2.38. The Bertz CT molecular complexity index is 817. The number of amides is 3. The quantitative estimate of drug-likeness (QED) is 0.647. The maximum Gasteiger partial charge on any atom is 0.274 e. The number of carbonyl (C=O) groups is 3. The Balaban J connectivity index is 1.76. The van der Waals surface area contributed by atoms with Crippen molar-refractivity contribution < 1.29 is 19.2 Å². The van der Waals surface area contributed by atoms with Crippen LogP contribution in [0.3, 0.4) is 0 Å². The van der Waals surface area contributed by atoms with Crippen molar-refractivity contribution in [1.82, 2.24) is 10.4 Å². The topological polar surface area (TPSA) is 75.7 Å². The lowest BCUT2D eigenvalue weighted by molar-refractivity contribution is 0.0364. The van der Waals surface area contributed by atoms with E-state index in [1.165, 1.54) is 23.1 Å². The van der Waals surface area contributed by atoms with E-state index in [0.717, 1.165) is 5.56 Å². The van der Waals surface area contributed by atoms with Gasteiger partial charge < -0.3 is 0 Å². The summed E-state index contributed by atoms with van der Waals surface area (Å²) >= 11 is 0. The molecule has 0 spiro atoms. The lowest BCUT2D eigenvalue weighted by Gasteiger charge is -2.13. The number of imide groups is 1. The minimum atomic E-state index is -0.451. The zero-order valence-corrected chi connectivity index (χ0v) is 13.8. The number of hydroxylamine groups is 1. The number of hydrogen-bond acceptors (Lipinski definition) is 4. The number of fused-ring (bicyclic) bond motifs is 1. The van der Waals surface area contributed by atoms with E-state index in [0.29, 0.717) is 25.1 Å². The summed E-state index contributed by atoms with van der Waals surface area (Å²) in [5.41, 5.74) is 4.18. The third-order valence-electron chi connectivity index (χ3n) is 4.01. The van der Waals surface area contributed by atoms with Crippen LogP contribution in [-0.4, -0.2) is 35.8 Å². The Kier molecular flexibility index (Phi) is 4.90. The maximum atomic E-state index is 12.6. The molecule has 6 heteroatoms. The standard InChI is InChI=1S/C19H18N2O4/c1-2-25-20-17(22)14-8-9-15-16(12-14)19(24)21(18(15)23)11-10-13-6-4-3-5-7-13/h3-9,12H,2,10-11H2,1H3,(H,20,22). The van der Waals surface area contributed by atoms with Gasteiger partial charge in [0.2, 0.25) is 0 Å². The normalized spacial score (nSPS) is 13.1. The summed E-state index contributed by atoms with van der Waals surface area (Å²) < 4.78 is 0. The van der Waals surface area contributed by atoms with Gasteiger partial charge in [-0.3, -0.25) is 24.1 Å². The summed E-state index contributed by atoms with van der Waals surface area (Å²) in [5.74, 6) is -1.15. The molecule has 0 radical (unpaired) electrons. The second-order valence-electron chi connectivity index (χ2n) is 5.62.